The number of amides is 1. The zero-order valence-corrected chi connectivity index (χ0v) is 13.6. The van der Waals surface area contributed by atoms with Gasteiger partial charge in [-0.25, -0.2) is 0 Å². The Morgan fingerprint density at radius 2 is 1.81 bits per heavy atom. The third-order valence-corrected chi connectivity index (χ3v) is 5.56. The number of ether oxygens (including phenoxy) is 1. The van der Waals surface area contributed by atoms with Gasteiger partial charge >= 0.3 is 0 Å². The number of rotatable bonds is 3. The molecule has 3 atom stereocenters. The summed E-state index contributed by atoms with van der Waals surface area (Å²) < 4.78 is 5.67. The largest absolute Gasteiger partial charge is 0.376 e. The second-order valence-electron chi connectivity index (χ2n) is 6.93. The highest BCUT2D eigenvalue weighted by Gasteiger charge is 2.40. The Labute approximate surface area is 134 Å². The molecule has 0 aromatic heterocycles. The van der Waals surface area contributed by atoms with Crippen LogP contribution < -0.4 is 11.1 Å². The molecular weight excluding hydrogens is 288 g/mol. The molecule has 0 radical (unpaired) electrons. The lowest BCUT2D eigenvalue weighted by atomic mass is 9.65. The van der Waals surface area contributed by atoms with E-state index in [2.05, 4.69) is 5.32 Å². The maximum absolute atomic E-state index is 12.4. The van der Waals surface area contributed by atoms with E-state index in [0.29, 0.717) is 24.4 Å². The summed E-state index contributed by atoms with van der Waals surface area (Å²) in [4.78, 5) is 12.4. The molecule has 122 valence electrons. The molecule has 0 aromatic rings. The first-order chi connectivity index (χ1) is 9.74. The molecule has 5 heteroatoms. The number of nitrogens with two attached hydrogens (primary N) is 1. The molecule has 0 aromatic carbocycles. The molecule has 2 aliphatic carbocycles. The maximum Gasteiger partial charge on any atom is 0.223 e. The molecular formula is C16H29ClN2O2. The summed E-state index contributed by atoms with van der Waals surface area (Å²) in [5.74, 6) is 1.57. The molecule has 0 spiro atoms. The van der Waals surface area contributed by atoms with Gasteiger partial charge in [0.05, 0.1) is 6.10 Å². The summed E-state index contributed by atoms with van der Waals surface area (Å²) in [6.45, 7) is 1.54. The van der Waals surface area contributed by atoms with E-state index in [1.54, 1.807) is 0 Å². The van der Waals surface area contributed by atoms with E-state index in [1.165, 1.54) is 25.7 Å². The summed E-state index contributed by atoms with van der Waals surface area (Å²) >= 11 is 0. The number of hydrogen-bond acceptors (Lipinski definition) is 3. The summed E-state index contributed by atoms with van der Waals surface area (Å²) in [5.41, 5.74) is 6.29. The van der Waals surface area contributed by atoms with Crippen molar-refractivity contribution in [1.29, 1.82) is 0 Å². The standard InChI is InChI=1S/C16H28N2O2.ClH/c17-15-11-4-3-5-12(15)9-13(8-11)16(19)18-10-14-6-1-2-7-20-14;/h11-15H,1-10,17H2,(H,18,19);1H. The smallest absolute Gasteiger partial charge is 0.223 e. The second kappa shape index (κ2) is 7.80. The average Bonchev–Trinajstić information content (AvgIpc) is 2.45. The van der Waals surface area contributed by atoms with Crippen LogP contribution in [-0.4, -0.2) is 31.2 Å². The predicted molar refractivity (Wildman–Crippen MR) is 85.4 cm³/mol. The van der Waals surface area contributed by atoms with Crippen LogP contribution in [-0.2, 0) is 9.53 Å². The normalized spacial score (nSPS) is 39.2. The van der Waals surface area contributed by atoms with Crippen LogP contribution in [0.4, 0.5) is 0 Å². The van der Waals surface area contributed by atoms with Crippen molar-refractivity contribution in [3.05, 3.63) is 0 Å². The molecule has 1 heterocycles. The molecule has 1 amide bonds. The first-order valence-corrected chi connectivity index (χ1v) is 8.39. The van der Waals surface area contributed by atoms with Crippen molar-refractivity contribution in [2.24, 2.45) is 23.5 Å². The highest BCUT2D eigenvalue weighted by Crippen LogP contribution is 2.41. The molecule has 21 heavy (non-hydrogen) atoms. The van der Waals surface area contributed by atoms with Gasteiger partial charge in [-0.05, 0) is 56.8 Å². The molecule has 2 bridgehead atoms. The van der Waals surface area contributed by atoms with Crippen LogP contribution in [0.5, 0.6) is 0 Å². The van der Waals surface area contributed by atoms with E-state index >= 15 is 0 Å². The molecule has 4 nitrogen and oxygen atoms in total. The minimum Gasteiger partial charge on any atom is -0.376 e. The molecule has 1 aliphatic heterocycles. The number of fused-ring (bicyclic) bond motifs is 2. The maximum atomic E-state index is 12.4. The Kier molecular flexibility index (Phi) is 6.33. The lowest BCUT2D eigenvalue weighted by Gasteiger charge is -2.43. The van der Waals surface area contributed by atoms with Gasteiger partial charge in [-0.15, -0.1) is 12.4 Å². The molecule has 3 aliphatic rings. The lowest BCUT2D eigenvalue weighted by Crippen LogP contribution is -2.49. The SMILES string of the molecule is Cl.NC1C2CCCC1CC(C(=O)NCC1CCCCO1)C2. The van der Waals surface area contributed by atoms with Crippen LogP contribution in [0.15, 0.2) is 0 Å². The fourth-order valence-corrected chi connectivity index (χ4v) is 4.33. The summed E-state index contributed by atoms with van der Waals surface area (Å²) in [5, 5.41) is 3.12. The van der Waals surface area contributed by atoms with Gasteiger partial charge in [0.15, 0.2) is 0 Å². The summed E-state index contributed by atoms with van der Waals surface area (Å²) in [7, 11) is 0. The van der Waals surface area contributed by atoms with Crippen molar-refractivity contribution >= 4 is 18.3 Å². The second-order valence-corrected chi connectivity index (χ2v) is 6.93. The van der Waals surface area contributed by atoms with E-state index in [9.17, 15) is 4.79 Å². The Hall–Kier alpha value is -0.320. The topological polar surface area (TPSA) is 64.4 Å². The van der Waals surface area contributed by atoms with E-state index in [4.69, 9.17) is 10.5 Å². The Bertz CT molecular complexity index is 333. The van der Waals surface area contributed by atoms with E-state index in [0.717, 1.165) is 32.3 Å². The van der Waals surface area contributed by atoms with Crippen molar-refractivity contribution < 1.29 is 9.53 Å². The van der Waals surface area contributed by atoms with Gasteiger partial charge < -0.3 is 15.8 Å². The van der Waals surface area contributed by atoms with Crippen LogP contribution in [0.2, 0.25) is 0 Å². The quantitative estimate of drug-likeness (QED) is 0.839. The number of hydrogen-bond donors (Lipinski definition) is 2. The van der Waals surface area contributed by atoms with Gasteiger partial charge in [0.25, 0.3) is 0 Å². The number of nitrogens with one attached hydrogen (secondary N) is 1. The monoisotopic (exact) mass is 316 g/mol. The molecule has 1 saturated heterocycles. The van der Waals surface area contributed by atoms with Crippen molar-refractivity contribution in [2.45, 2.75) is 63.5 Å². The van der Waals surface area contributed by atoms with Crippen molar-refractivity contribution in [3.63, 3.8) is 0 Å². The molecule has 3 rings (SSSR count). The number of halogens is 1. The summed E-state index contributed by atoms with van der Waals surface area (Å²) in [6, 6.07) is 0.342. The van der Waals surface area contributed by atoms with Crippen LogP contribution in [0.25, 0.3) is 0 Å². The van der Waals surface area contributed by atoms with E-state index < -0.39 is 0 Å². The van der Waals surface area contributed by atoms with Gasteiger partial charge in [-0.1, -0.05) is 6.42 Å². The Balaban J connectivity index is 0.00000161. The van der Waals surface area contributed by atoms with Crippen molar-refractivity contribution in [3.8, 4) is 0 Å². The fraction of sp³-hybridized carbons (Fsp3) is 0.938. The fourth-order valence-electron chi connectivity index (χ4n) is 4.33. The average molecular weight is 317 g/mol. The third-order valence-electron chi connectivity index (χ3n) is 5.56. The molecule has 2 saturated carbocycles. The van der Waals surface area contributed by atoms with Crippen molar-refractivity contribution in [2.75, 3.05) is 13.2 Å². The lowest BCUT2D eigenvalue weighted by molar-refractivity contribution is -0.128. The predicted octanol–water partition coefficient (Wildman–Crippen LogP) is 2.25. The zero-order chi connectivity index (χ0) is 13.9. The first kappa shape index (κ1) is 17.0. The minimum atomic E-state index is 0. The third kappa shape index (κ3) is 4.11. The van der Waals surface area contributed by atoms with Gasteiger partial charge in [0.2, 0.25) is 5.91 Å². The van der Waals surface area contributed by atoms with Gasteiger partial charge in [0, 0.05) is 25.1 Å². The Morgan fingerprint density at radius 1 is 1.10 bits per heavy atom. The number of carbonyl (C=O) groups excluding carboxylic acids is 1. The van der Waals surface area contributed by atoms with E-state index in [-0.39, 0.29) is 30.3 Å². The molecule has 3 unspecified atom stereocenters. The van der Waals surface area contributed by atoms with Crippen LogP contribution in [0.1, 0.15) is 51.4 Å². The summed E-state index contributed by atoms with van der Waals surface area (Å²) in [6.07, 6.45) is 9.42. The Morgan fingerprint density at radius 3 is 2.43 bits per heavy atom. The van der Waals surface area contributed by atoms with Crippen LogP contribution in [0.3, 0.4) is 0 Å². The highest BCUT2D eigenvalue weighted by atomic mass is 35.5. The molecule has 3 N–H and O–H groups in total. The van der Waals surface area contributed by atoms with Gasteiger partial charge in [0.1, 0.15) is 0 Å². The van der Waals surface area contributed by atoms with Crippen LogP contribution >= 0.6 is 12.4 Å². The van der Waals surface area contributed by atoms with Crippen molar-refractivity contribution in [1.82, 2.24) is 5.32 Å². The van der Waals surface area contributed by atoms with Gasteiger partial charge in [-0.3, -0.25) is 4.79 Å². The van der Waals surface area contributed by atoms with E-state index in [1.807, 2.05) is 0 Å². The molecule has 3 fully saturated rings. The number of carbonyl (C=O) groups is 1. The zero-order valence-electron chi connectivity index (χ0n) is 12.8. The van der Waals surface area contributed by atoms with Crippen LogP contribution in [0, 0.1) is 17.8 Å². The first-order valence-electron chi connectivity index (χ1n) is 8.39. The minimum absolute atomic E-state index is 0. The van der Waals surface area contributed by atoms with Gasteiger partial charge in [-0.2, -0.15) is 0 Å². The highest BCUT2D eigenvalue weighted by molar-refractivity contribution is 5.85.